The zero-order valence-electron chi connectivity index (χ0n) is 9.41. The Morgan fingerprint density at radius 3 is 2.94 bits per heavy atom. The highest BCUT2D eigenvalue weighted by molar-refractivity contribution is 5.91. The fourth-order valence-electron chi connectivity index (χ4n) is 2.05. The van der Waals surface area contributed by atoms with E-state index in [2.05, 4.69) is 5.32 Å². The molecule has 17 heavy (non-hydrogen) atoms. The quantitative estimate of drug-likeness (QED) is 0.865. The Kier molecular flexibility index (Phi) is 3.52. The topological polar surface area (TPSA) is 46.2 Å². The van der Waals surface area contributed by atoms with Crippen molar-refractivity contribution in [2.24, 2.45) is 0 Å². The van der Waals surface area contributed by atoms with Gasteiger partial charge in [0.05, 0.1) is 12.5 Å². The molecule has 90 valence electrons. The van der Waals surface area contributed by atoms with Crippen LogP contribution >= 0.6 is 0 Å². The number of ketones is 1. The van der Waals surface area contributed by atoms with Crippen molar-refractivity contribution < 1.29 is 14.0 Å². The summed E-state index contributed by atoms with van der Waals surface area (Å²) in [6.45, 7) is 0. The van der Waals surface area contributed by atoms with E-state index in [9.17, 15) is 14.0 Å². The molecule has 1 unspecified atom stereocenters. The fraction of sp³-hybridized carbons (Fsp3) is 0.385. The van der Waals surface area contributed by atoms with Gasteiger partial charge in [-0.1, -0.05) is 12.1 Å². The average Bonchev–Trinajstić information content (AvgIpc) is 2.64. The number of amides is 1. The lowest BCUT2D eigenvalue weighted by atomic mass is 10.1. The average molecular weight is 235 g/mol. The van der Waals surface area contributed by atoms with Gasteiger partial charge in [0.15, 0.2) is 5.78 Å². The van der Waals surface area contributed by atoms with Gasteiger partial charge in [-0.05, 0) is 30.5 Å². The third-order valence-corrected chi connectivity index (χ3v) is 2.89. The van der Waals surface area contributed by atoms with Gasteiger partial charge in [-0.25, -0.2) is 4.39 Å². The molecule has 1 N–H and O–H groups in total. The van der Waals surface area contributed by atoms with Crippen LogP contribution in [0.5, 0.6) is 0 Å². The first kappa shape index (κ1) is 11.8. The van der Waals surface area contributed by atoms with E-state index in [1.54, 1.807) is 12.1 Å². The van der Waals surface area contributed by atoms with Crippen LogP contribution in [0.3, 0.4) is 0 Å². The largest absolute Gasteiger partial charge is 0.346 e. The Morgan fingerprint density at radius 1 is 1.47 bits per heavy atom. The van der Waals surface area contributed by atoms with Crippen LogP contribution in [0.1, 0.15) is 24.8 Å². The normalized spacial score (nSPS) is 19.4. The number of benzene rings is 1. The highest BCUT2D eigenvalue weighted by Gasteiger charge is 2.25. The molecule has 1 aromatic rings. The van der Waals surface area contributed by atoms with Gasteiger partial charge in [0.1, 0.15) is 5.82 Å². The van der Waals surface area contributed by atoms with E-state index in [0.29, 0.717) is 18.4 Å². The molecule has 1 saturated carbocycles. The second kappa shape index (κ2) is 5.08. The van der Waals surface area contributed by atoms with E-state index in [1.807, 2.05) is 0 Å². The number of hydrogen-bond donors (Lipinski definition) is 1. The highest BCUT2D eigenvalue weighted by Crippen LogP contribution is 2.14. The van der Waals surface area contributed by atoms with E-state index in [1.165, 1.54) is 12.1 Å². The molecule has 1 atom stereocenters. The third kappa shape index (κ3) is 3.12. The van der Waals surface area contributed by atoms with Crippen molar-refractivity contribution in [3.8, 4) is 0 Å². The number of halogens is 1. The monoisotopic (exact) mass is 235 g/mol. The van der Waals surface area contributed by atoms with Crippen LogP contribution in [0.4, 0.5) is 4.39 Å². The summed E-state index contributed by atoms with van der Waals surface area (Å²) >= 11 is 0. The SMILES string of the molecule is O=C(Cc1cccc(F)c1)NC1CCCC1=O. The number of hydrogen-bond acceptors (Lipinski definition) is 2. The lowest BCUT2D eigenvalue weighted by Gasteiger charge is -2.10. The van der Waals surface area contributed by atoms with Crippen molar-refractivity contribution >= 4 is 11.7 Å². The van der Waals surface area contributed by atoms with E-state index >= 15 is 0 Å². The number of carbonyl (C=O) groups excluding carboxylic acids is 2. The minimum Gasteiger partial charge on any atom is -0.346 e. The molecule has 0 heterocycles. The predicted octanol–water partition coefficient (Wildman–Crippen LogP) is 1.61. The molecule has 0 bridgehead atoms. The van der Waals surface area contributed by atoms with E-state index in [0.717, 1.165) is 6.42 Å². The van der Waals surface area contributed by atoms with Crippen molar-refractivity contribution in [1.82, 2.24) is 5.32 Å². The molecule has 4 heteroatoms. The Hall–Kier alpha value is -1.71. The Balaban J connectivity index is 1.91. The second-order valence-electron chi connectivity index (χ2n) is 4.29. The molecule has 0 spiro atoms. The maximum atomic E-state index is 12.9. The van der Waals surface area contributed by atoms with Gasteiger partial charge < -0.3 is 5.32 Å². The van der Waals surface area contributed by atoms with Gasteiger partial charge in [-0.15, -0.1) is 0 Å². The van der Waals surface area contributed by atoms with Crippen molar-refractivity contribution in [2.45, 2.75) is 31.7 Å². The summed E-state index contributed by atoms with van der Waals surface area (Å²) in [5, 5.41) is 2.69. The van der Waals surface area contributed by atoms with Crippen LogP contribution in [0.2, 0.25) is 0 Å². The summed E-state index contributed by atoms with van der Waals surface area (Å²) < 4.78 is 12.9. The molecule has 1 fully saturated rings. The van der Waals surface area contributed by atoms with Gasteiger partial charge in [0.2, 0.25) is 5.91 Å². The third-order valence-electron chi connectivity index (χ3n) is 2.89. The fourth-order valence-corrected chi connectivity index (χ4v) is 2.05. The van der Waals surface area contributed by atoms with Gasteiger partial charge in [-0.2, -0.15) is 0 Å². The highest BCUT2D eigenvalue weighted by atomic mass is 19.1. The molecule has 1 aromatic carbocycles. The van der Waals surface area contributed by atoms with Gasteiger partial charge in [0, 0.05) is 6.42 Å². The standard InChI is InChI=1S/C13H14FNO2/c14-10-4-1-3-9(7-10)8-13(17)15-11-5-2-6-12(11)16/h1,3-4,7,11H,2,5-6,8H2,(H,15,17). The van der Waals surface area contributed by atoms with Crippen LogP contribution in [-0.4, -0.2) is 17.7 Å². The summed E-state index contributed by atoms with van der Waals surface area (Å²) in [6.07, 6.45) is 2.21. The molecule has 0 aromatic heterocycles. The molecule has 0 saturated heterocycles. The summed E-state index contributed by atoms with van der Waals surface area (Å²) in [5.41, 5.74) is 0.618. The van der Waals surface area contributed by atoms with Crippen LogP contribution in [-0.2, 0) is 16.0 Å². The Morgan fingerprint density at radius 2 is 2.29 bits per heavy atom. The van der Waals surface area contributed by atoms with Crippen molar-refractivity contribution in [1.29, 1.82) is 0 Å². The molecule has 0 radical (unpaired) electrons. The minimum absolute atomic E-state index is 0.0950. The molecule has 1 amide bonds. The van der Waals surface area contributed by atoms with E-state index < -0.39 is 0 Å². The summed E-state index contributed by atoms with van der Waals surface area (Å²) in [7, 11) is 0. The predicted molar refractivity (Wildman–Crippen MR) is 60.9 cm³/mol. The van der Waals surface area contributed by atoms with Crippen molar-refractivity contribution in [2.75, 3.05) is 0 Å². The maximum absolute atomic E-state index is 12.9. The first-order valence-electron chi connectivity index (χ1n) is 5.71. The smallest absolute Gasteiger partial charge is 0.225 e. The first-order chi connectivity index (χ1) is 8.15. The Labute approximate surface area is 99.0 Å². The molecule has 1 aliphatic carbocycles. The maximum Gasteiger partial charge on any atom is 0.225 e. The number of nitrogens with one attached hydrogen (secondary N) is 1. The molecule has 2 rings (SSSR count). The van der Waals surface area contributed by atoms with Gasteiger partial charge in [-0.3, -0.25) is 9.59 Å². The lowest BCUT2D eigenvalue weighted by Crippen LogP contribution is -2.38. The second-order valence-corrected chi connectivity index (χ2v) is 4.29. The summed E-state index contributed by atoms with van der Waals surface area (Å²) in [5.74, 6) is -0.485. The van der Waals surface area contributed by atoms with Crippen LogP contribution in [0.25, 0.3) is 0 Å². The van der Waals surface area contributed by atoms with Gasteiger partial charge in [0.25, 0.3) is 0 Å². The molecular weight excluding hydrogens is 221 g/mol. The molecular formula is C13H14FNO2. The van der Waals surface area contributed by atoms with Crippen molar-refractivity contribution in [3.63, 3.8) is 0 Å². The van der Waals surface area contributed by atoms with E-state index in [4.69, 9.17) is 0 Å². The Bertz CT molecular complexity index is 445. The van der Waals surface area contributed by atoms with Crippen LogP contribution < -0.4 is 5.32 Å². The molecule has 1 aliphatic rings. The van der Waals surface area contributed by atoms with E-state index in [-0.39, 0.29) is 30.0 Å². The zero-order chi connectivity index (χ0) is 12.3. The van der Waals surface area contributed by atoms with Crippen LogP contribution in [0.15, 0.2) is 24.3 Å². The zero-order valence-corrected chi connectivity index (χ0v) is 9.41. The van der Waals surface area contributed by atoms with Crippen LogP contribution in [0, 0.1) is 5.82 Å². The number of rotatable bonds is 3. The first-order valence-corrected chi connectivity index (χ1v) is 5.71. The number of carbonyl (C=O) groups is 2. The molecule has 3 nitrogen and oxygen atoms in total. The minimum atomic E-state index is -0.354. The molecule has 0 aliphatic heterocycles. The summed E-state index contributed by atoms with van der Waals surface area (Å²) in [6, 6.07) is 5.59. The van der Waals surface area contributed by atoms with Crippen molar-refractivity contribution in [3.05, 3.63) is 35.6 Å². The number of Topliss-reactive ketones (excluding diaryl/α,β-unsaturated/α-hetero) is 1. The summed E-state index contributed by atoms with van der Waals surface area (Å²) in [4.78, 5) is 23.0. The lowest BCUT2D eigenvalue weighted by molar-refractivity contribution is -0.126. The van der Waals surface area contributed by atoms with Gasteiger partial charge >= 0.3 is 0 Å².